The monoisotopic (exact) mass is 342 g/mol. The maximum absolute atomic E-state index is 12.5. The van der Waals surface area contributed by atoms with E-state index in [0.717, 1.165) is 19.3 Å². The van der Waals surface area contributed by atoms with Gasteiger partial charge in [-0.2, -0.15) is 0 Å². The number of hydrogen-bond donors (Lipinski definition) is 1. The first-order valence-corrected chi connectivity index (χ1v) is 9.27. The van der Waals surface area contributed by atoms with Crippen LogP contribution in [-0.2, 0) is 19.3 Å². The SMILES string of the molecule is Cc1cc(C(=O)O)cc(S(=O)(=O)CCOC2CCCCO2)c1C. The first-order chi connectivity index (χ1) is 10.8. The minimum absolute atomic E-state index is 0.0248. The normalized spacial score (nSPS) is 18.8. The van der Waals surface area contributed by atoms with E-state index in [1.807, 2.05) is 0 Å². The van der Waals surface area contributed by atoms with Gasteiger partial charge in [-0.15, -0.1) is 0 Å². The van der Waals surface area contributed by atoms with Crippen LogP contribution in [0.25, 0.3) is 0 Å². The highest BCUT2D eigenvalue weighted by atomic mass is 32.2. The van der Waals surface area contributed by atoms with E-state index in [1.54, 1.807) is 13.8 Å². The second-order valence-electron chi connectivity index (χ2n) is 5.71. The third-order valence-electron chi connectivity index (χ3n) is 4.00. The van der Waals surface area contributed by atoms with E-state index in [-0.39, 0.29) is 29.1 Å². The summed E-state index contributed by atoms with van der Waals surface area (Å²) in [6.45, 7) is 4.05. The summed E-state index contributed by atoms with van der Waals surface area (Å²) in [5.74, 6) is -1.34. The van der Waals surface area contributed by atoms with Crippen molar-refractivity contribution in [2.75, 3.05) is 19.0 Å². The minimum Gasteiger partial charge on any atom is -0.478 e. The fraction of sp³-hybridized carbons (Fsp3) is 0.562. The molecule has 1 N–H and O–H groups in total. The quantitative estimate of drug-likeness (QED) is 0.853. The number of rotatable bonds is 6. The molecule has 2 rings (SSSR count). The zero-order chi connectivity index (χ0) is 17.0. The van der Waals surface area contributed by atoms with E-state index in [0.29, 0.717) is 17.7 Å². The van der Waals surface area contributed by atoms with Crippen molar-refractivity contribution in [1.29, 1.82) is 0 Å². The molecule has 1 aliphatic heterocycles. The molecule has 1 aliphatic rings. The summed E-state index contributed by atoms with van der Waals surface area (Å²) in [6.07, 6.45) is 2.44. The van der Waals surface area contributed by atoms with Crippen molar-refractivity contribution in [2.45, 2.75) is 44.3 Å². The second-order valence-corrected chi connectivity index (χ2v) is 7.78. The average Bonchev–Trinajstić information content (AvgIpc) is 2.50. The number of ether oxygens (including phenoxy) is 2. The van der Waals surface area contributed by atoms with E-state index >= 15 is 0 Å². The summed E-state index contributed by atoms with van der Waals surface area (Å²) in [7, 11) is -3.61. The molecule has 0 amide bonds. The van der Waals surface area contributed by atoms with Crippen molar-refractivity contribution in [3.8, 4) is 0 Å². The molecule has 1 unspecified atom stereocenters. The minimum atomic E-state index is -3.61. The number of aromatic carboxylic acids is 1. The molecule has 7 heteroatoms. The van der Waals surface area contributed by atoms with Crippen LogP contribution in [0.1, 0.15) is 40.7 Å². The first-order valence-electron chi connectivity index (χ1n) is 7.62. The van der Waals surface area contributed by atoms with Crippen LogP contribution in [0, 0.1) is 13.8 Å². The number of sulfone groups is 1. The molecule has 6 nitrogen and oxygen atoms in total. The summed E-state index contributed by atoms with van der Waals surface area (Å²) < 4.78 is 35.9. The van der Waals surface area contributed by atoms with Crippen LogP contribution in [0.15, 0.2) is 17.0 Å². The molecule has 23 heavy (non-hydrogen) atoms. The Morgan fingerprint density at radius 1 is 1.35 bits per heavy atom. The highest BCUT2D eigenvalue weighted by molar-refractivity contribution is 7.91. The van der Waals surface area contributed by atoms with Gasteiger partial charge in [-0.1, -0.05) is 0 Å². The molecule has 1 aromatic rings. The maximum atomic E-state index is 12.5. The van der Waals surface area contributed by atoms with Crippen LogP contribution in [-0.4, -0.2) is 44.8 Å². The summed E-state index contributed by atoms with van der Waals surface area (Å²) in [5, 5.41) is 9.10. The van der Waals surface area contributed by atoms with Gasteiger partial charge >= 0.3 is 5.97 Å². The number of aryl methyl sites for hydroxylation is 1. The fourth-order valence-electron chi connectivity index (χ4n) is 2.52. The predicted molar refractivity (Wildman–Crippen MR) is 84.5 cm³/mol. The van der Waals surface area contributed by atoms with Gasteiger partial charge in [0.15, 0.2) is 16.1 Å². The van der Waals surface area contributed by atoms with Gasteiger partial charge in [0.1, 0.15) is 0 Å². The lowest BCUT2D eigenvalue weighted by Crippen LogP contribution is -2.25. The molecule has 1 aromatic carbocycles. The molecular formula is C16H22O6S. The molecule has 0 aliphatic carbocycles. The molecule has 1 heterocycles. The number of carboxylic acid groups (broad SMARTS) is 1. The van der Waals surface area contributed by atoms with E-state index in [4.69, 9.17) is 14.6 Å². The van der Waals surface area contributed by atoms with Crippen LogP contribution >= 0.6 is 0 Å². The van der Waals surface area contributed by atoms with E-state index in [2.05, 4.69) is 0 Å². The van der Waals surface area contributed by atoms with Gasteiger partial charge in [-0.3, -0.25) is 0 Å². The Balaban J connectivity index is 2.10. The third-order valence-corrected chi connectivity index (χ3v) is 5.79. The van der Waals surface area contributed by atoms with Gasteiger partial charge in [-0.25, -0.2) is 13.2 Å². The molecule has 0 bridgehead atoms. The Morgan fingerprint density at radius 3 is 2.70 bits per heavy atom. The summed E-state index contributed by atoms with van der Waals surface area (Å²) >= 11 is 0. The van der Waals surface area contributed by atoms with Gasteiger partial charge in [-0.05, 0) is 56.4 Å². The number of benzene rings is 1. The van der Waals surface area contributed by atoms with Gasteiger partial charge in [0.25, 0.3) is 0 Å². The molecule has 0 spiro atoms. The van der Waals surface area contributed by atoms with E-state index in [9.17, 15) is 13.2 Å². The van der Waals surface area contributed by atoms with Gasteiger partial charge in [0.05, 0.1) is 22.8 Å². The molecule has 0 aromatic heterocycles. The third kappa shape index (κ3) is 4.53. The zero-order valence-electron chi connectivity index (χ0n) is 13.4. The van der Waals surface area contributed by atoms with Crippen molar-refractivity contribution in [2.24, 2.45) is 0 Å². The van der Waals surface area contributed by atoms with Crippen LogP contribution in [0.5, 0.6) is 0 Å². The van der Waals surface area contributed by atoms with Gasteiger partial charge in [0, 0.05) is 6.61 Å². The topological polar surface area (TPSA) is 89.9 Å². The Kier molecular flexibility index (Phi) is 5.78. The van der Waals surface area contributed by atoms with Crippen LogP contribution < -0.4 is 0 Å². The molecule has 1 saturated heterocycles. The van der Waals surface area contributed by atoms with Crippen LogP contribution in [0.3, 0.4) is 0 Å². The lowest BCUT2D eigenvalue weighted by atomic mass is 10.1. The smallest absolute Gasteiger partial charge is 0.335 e. The maximum Gasteiger partial charge on any atom is 0.335 e. The Bertz CT molecular complexity index is 674. The molecule has 1 fully saturated rings. The fourth-order valence-corrected chi connectivity index (χ4v) is 3.98. The van der Waals surface area contributed by atoms with Crippen molar-refractivity contribution < 1.29 is 27.8 Å². The van der Waals surface area contributed by atoms with Crippen LogP contribution in [0.4, 0.5) is 0 Å². The van der Waals surface area contributed by atoms with Gasteiger partial charge < -0.3 is 14.6 Å². The number of carboxylic acids is 1. The Morgan fingerprint density at radius 2 is 2.09 bits per heavy atom. The predicted octanol–water partition coefficient (Wildman–Crippen LogP) is 2.32. The van der Waals surface area contributed by atoms with E-state index in [1.165, 1.54) is 12.1 Å². The molecule has 0 radical (unpaired) electrons. The highest BCUT2D eigenvalue weighted by Crippen LogP contribution is 2.23. The summed E-state index contributed by atoms with van der Waals surface area (Å²) in [4.78, 5) is 11.2. The van der Waals surface area contributed by atoms with Crippen molar-refractivity contribution >= 4 is 15.8 Å². The lowest BCUT2D eigenvalue weighted by Gasteiger charge is -2.22. The highest BCUT2D eigenvalue weighted by Gasteiger charge is 2.22. The van der Waals surface area contributed by atoms with Crippen molar-refractivity contribution in [1.82, 2.24) is 0 Å². The summed E-state index contributed by atoms with van der Waals surface area (Å²) in [6, 6.07) is 2.69. The lowest BCUT2D eigenvalue weighted by molar-refractivity contribution is -0.158. The number of hydrogen-bond acceptors (Lipinski definition) is 5. The molecule has 1 atom stereocenters. The zero-order valence-corrected chi connectivity index (χ0v) is 14.2. The van der Waals surface area contributed by atoms with Crippen LogP contribution in [0.2, 0.25) is 0 Å². The molecule has 128 valence electrons. The first kappa shape index (κ1) is 17.9. The Hall–Kier alpha value is -1.44. The second kappa shape index (κ2) is 7.42. The van der Waals surface area contributed by atoms with Gasteiger partial charge in [0.2, 0.25) is 0 Å². The van der Waals surface area contributed by atoms with Crippen molar-refractivity contribution in [3.05, 3.63) is 28.8 Å². The van der Waals surface area contributed by atoms with E-state index < -0.39 is 15.8 Å². The average molecular weight is 342 g/mol. The molecule has 0 saturated carbocycles. The number of carbonyl (C=O) groups is 1. The largest absolute Gasteiger partial charge is 0.478 e. The standard InChI is InChI=1S/C16H22O6S/c1-11-9-13(16(17)18)10-14(12(11)2)23(19,20)8-7-22-15-5-3-4-6-21-15/h9-10,15H,3-8H2,1-2H3,(H,17,18). The molecular weight excluding hydrogens is 320 g/mol. The Labute approximate surface area is 136 Å². The van der Waals surface area contributed by atoms with Crippen molar-refractivity contribution in [3.63, 3.8) is 0 Å². The summed E-state index contributed by atoms with van der Waals surface area (Å²) in [5.41, 5.74) is 1.19.